The lowest BCUT2D eigenvalue weighted by atomic mass is 9.95. The maximum atomic E-state index is 13.7. The number of carbonyl (C=O) groups excluding carboxylic acids is 1. The Morgan fingerprint density at radius 1 is 1.07 bits per heavy atom. The summed E-state index contributed by atoms with van der Waals surface area (Å²) in [5.41, 5.74) is 3.44. The van der Waals surface area contributed by atoms with E-state index >= 15 is 0 Å². The highest BCUT2D eigenvalue weighted by Crippen LogP contribution is 2.33. The zero-order chi connectivity index (χ0) is 27.6. The van der Waals surface area contributed by atoms with E-state index in [2.05, 4.69) is 0 Å². The second kappa shape index (κ2) is 10.9. The van der Waals surface area contributed by atoms with Gasteiger partial charge in [-0.25, -0.2) is 9.79 Å². The predicted molar refractivity (Wildman–Crippen MR) is 150 cm³/mol. The Labute approximate surface area is 234 Å². The number of methoxy groups -OCH3 is 1. The van der Waals surface area contributed by atoms with Crippen LogP contribution in [0.5, 0.6) is 17.2 Å². The van der Waals surface area contributed by atoms with Crippen LogP contribution in [0, 0.1) is 0 Å². The van der Waals surface area contributed by atoms with Gasteiger partial charge in [0.2, 0.25) is 6.79 Å². The van der Waals surface area contributed by atoms with Crippen LogP contribution in [0.15, 0.2) is 93.9 Å². The molecule has 40 heavy (non-hydrogen) atoms. The Kier molecular flexibility index (Phi) is 6.96. The summed E-state index contributed by atoms with van der Waals surface area (Å²) in [6.45, 7) is 2.56. The van der Waals surface area contributed by atoms with E-state index in [-0.39, 0.29) is 12.4 Å². The zero-order valence-electron chi connectivity index (χ0n) is 22.0. The van der Waals surface area contributed by atoms with Gasteiger partial charge in [-0.3, -0.25) is 9.36 Å². The maximum Gasteiger partial charge on any atom is 0.338 e. The van der Waals surface area contributed by atoms with Crippen molar-refractivity contribution in [2.75, 3.05) is 13.9 Å². The summed E-state index contributed by atoms with van der Waals surface area (Å²) >= 11 is 1.31. The van der Waals surface area contributed by atoms with E-state index < -0.39 is 12.0 Å². The van der Waals surface area contributed by atoms with Gasteiger partial charge in [0, 0.05) is 0 Å². The van der Waals surface area contributed by atoms with Crippen LogP contribution >= 0.6 is 11.3 Å². The first-order valence-corrected chi connectivity index (χ1v) is 13.7. The Bertz CT molecular complexity index is 1790. The fourth-order valence-corrected chi connectivity index (χ4v) is 5.84. The van der Waals surface area contributed by atoms with Gasteiger partial charge in [-0.2, -0.15) is 0 Å². The predicted octanol–water partition coefficient (Wildman–Crippen LogP) is 4.11. The molecular weight excluding hydrogens is 528 g/mol. The number of hydrogen-bond acceptors (Lipinski definition) is 8. The molecule has 9 heteroatoms. The van der Waals surface area contributed by atoms with Crippen LogP contribution < -0.4 is 29.1 Å². The van der Waals surface area contributed by atoms with E-state index in [4.69, 9.17) is 23.9 Å². The van der Waals surface area contributed by atoms with Gasteiger partial charge >= 0.3 is 5.97 Å². The van der Waals surface area contributed by atoms with Gasteiger partial charge in [0.05, 0.1) is 29.0 Å². The van der Waals surface area contributed by atoms with Gasteiger partial charge in [-0.05, 0) is 53.5 Å². The SMILES string of the molecule is CCC1=C(C(=O)OC)[C@@H](c2ccccc2)n2c(s/c(=C\c3ccc(OCc4ccc5c(c4)OCO5)cc3)c2=O)=N1. The summed E-state index contributed by atoms with van der Waals surface area (Å²) in [6.07, 6.45) is 2.37. The molecule has 8 nitrogen and oxygen atoms in total. The van der Waals surface area contributed by atoms with E-state index in [1.54, 1.807) is 4.57 Å². The summed E-state index contributed by atoms with van der Waals surface area (Å²) in [5, 5.41) is 0. The summed E-state index contributed by atoms with van der Waals surface area (Å²) in [7, 11) is 1.35. The molecule has 1 aromatic heterocycles. The molecule has 2 aliphatic rings. The number of fused-ring (bicyclic) bond motifs is 2. The van der Waals surface area contributed by atoms with E-state index in [9.17, 15) is 9.59 Å². The van der Waals surface area contributed by atoms with Crippen molar-refractivity contribution in [2.45, 2.75) is 26.0 Å². The van der Waals surface area contributed by atoms with Crippen molar-refractivity contribution in [3.63, 3.8) is 0 Å². The van der Waals surface area contributed by atoms with E-state index in [1.165, 1.54) is 18.4 Å². The van der Waals surface area contributed by atoms with Crippen molar-refractivity contribution in [2.24, 2.45) is 4.99 Å². The average molecular weight is 555 g/mol. The zero-order valence-corrected chi connectivity index (χ0v) is 22.8. The van der Waals surface area contributed by atoms with Crippen LogP contribution in [0.4, 0.5) is 0 Å². The molecule has 0 saturated carbocycles. The molecule has 3 heterocycles. The third kappa shape index (κ3) is 4.80. The first-order chi connectivity index (χ1) is 19.6. The van der Waals surface area contributed by atoms with Gasteiger partial charge in [0.15, 0.2) is 16.3 Å². The van der Waals surface area contributed by atoms with E-state index in [0.29, 0.717) is 39.4 Å². The minimum Gasteiger partial charge on any atom is -0.489 e. The molecule has 0 fully saturated rings. The van der Waals surface area contributed by atoms with Crippen LogP contribution in [0.25, 0.3) is 6.08 Å². The molecular formula is C31H26N2O6S. The Morgan fingerprint density at radius 2 is 1.85 bits per heavy atom. The smallest absolute Gasteiger partial charge is 0.338 e. The lowest BCUT2D eigenvalue weighted by molar-refractivity contribution is -0.136. The molecule has 3 aromatic carbocycles. The van der Waals surface area contributed by atoms with Gasteiger partial charge in [-0.15, -0.1) is 0 Å². The van der Waals surface area contributed by atoms with E-state index in [0.717, 1.165) is 28.2 Å². The summed E-state index contributed by atoms with van der Waals surface area (Å²) < 4.78 is 24.0. The van der Waals surface area contributed by atoms with Gasteiger partial charge < -0.3 is 18.9 Å². The maximum absolute atomic E-state index is 13.7. The monoisotopic (exact) mass is 554 g/mol. The van der Waals surface area contributed by atoms with Crippen molar-refractivity contribution in [1.82, 2.24) is 4.57 Å². The first kappa shape index (κ1) is 25.6. The van der Waals surface area contributed by atoms with Crippen LogP contribution in [-0.4, -0.2) is 24.4 Å². The standard InChI is InChI=1S/C31H26N2O6S/c1-3-23-27(30(35)36-2)28(21-7-5-4-6-8-21)33-29(34)26(40-31(33)32-23)16-19-9-12-22(13-10-19)37-17-20-11-14-24-25(15-20)39-18-38-24/h4-16,28H,3,17-18H2,1-2H3/b26-16-/t28-/m1/s1. The van der Waals surface area contributed by atoms with E-state index in [1.807, 2.05) is 85.8 Å². The third-order valence-electron chi connectivity index (χ3n) is 6.79. The third-order valence-corrected chi connectivity index (χ3v) is 7.77. The number of esters is 1. The van der Waals surface area contributed by atoms with Crippen LogP contribution in [0.2, 0.25) is 0 Å². The summed E-state index contributed by atoms with van der Waals surface area (Å²) in [4.78, 5) is 31.9. The summed E-state index contributed by atoms with van der Waals surface area (Å²) in [5.74, 6) is 1.67. The largest absolute Gasteiger partial charge is 0.489 e. The molecule has 0 unspecified atom stereocenters. The fraction of sp³-hybridized carbons (Fsp3) is 0.194. The Hall–Kier alpha value is -4.63. The minimum absolute atomic E-state index is 0.211. The number of thiazole rings is 1. The molecule has 2 aliphatic heterocycles. The molecule has 6 rings (SSSR count). The van der Waals surface area contributed by atoms with Gasteiger partial charge in [0.1, 0.15) is 12.4 Å². The van der Waals surface area contributed by atoms with Crippen molar-refractivity contribution >= 4 is 23.4 Å². The number of ether oxygens (including phenoxy) is 4. The minimum atomic E-state index is -0.617. The first-order valence-electron chi connectivity index (χ1n) is 12.8. The van der Waals surface area contributed by atoms with Crippen LogP contribution in [0.1, 0.15) is 36.1 Å². The van der Waals surface area contributed by atoms with Crippen molar-refractivity contribution < 1.29 is 23.7 Å². The molecule has 4 aromatic rings. The van der Waals surface area contributed by atoms with Crippen molar-refractivity contribution in [3.05, 3.63) is 120 Å². The topological polar surface area (TPSA) is 88.4 Å². The molecule has 0 bridgehead atoms. The van der Waals surface area contributed by atoms with Crippen molar-refractivity contribution in [1.29, 1.82) is 0 Å². The number of carbonyl (C=O) groups is 1. The van der Waals surface area contributed by atoms with Gasteiger partial charge in [-0.1, -0.05) is 66.8 Å². The lowest BCUT2D eigenvalue weighted by Crippen LogP contribution is -2.40. The molecule has 0 radical (unpaired) electrons. The van der Waals surface area contributed by atoms with Crippen LogP contribution in [-0.2, 0) is 16.1 Å². The second-order valence-corrected chi connectivity index (χ2v) is 10.3. The Balaban J connectivity index is 1.30. The highest BCUT2D eigenvalue weighted by atomic mass is 32.1. The second-order valence-electron chi connectivity index (χ2n) is 9.24. The lowest BCUT2D eigenvalue weighted by Gasteiger charge is -2.25. The molecule has 0 aliphatic carbocycles. The molecule has 1 atom stereocenters. The average Bonchev–Trinajstić information content (AvgIpc) is 3.59. The number of rotatable bonds is 7. The quantitative estimate of drug-likeness (QED) is 0.320. The molecule has 0 saturated heterocycles. The highest BCUT2D eigenvalue weighted by molar-refractivity contribution is 7.07. The van der Waals surface area contributed by atoms with Crippen molar-refractivity contribution in [3.8, 4) is 17.2 Å². The molecule has 202 valence electrons. The number of nitrogens with zero attached hydrogens (tertiary/aromatic N) is 2. The fourth-order valence-electron chi connectivity index (χ4n) is 4.82. The number of allylic oxidation sites excluding steroid dienone is 1. The number of benzene rings is 3. The molecule has 0 N–H and O–H groups in total. The number of aromatic nitrogens is 1. The van der Waals surface area contributed by atoms with Crippen LogP contribution in [0.3, 0.4) is 0 Å². The highest BCUT2D eigenvalue weighted by Gasteiger charge is 2.33. The molecule has 0 spiro atoms. The number of hydrogen-bond donors (Lipinski definition) is 0. The summed E-state index contributed by atoms with van der Waals surface area (Å²) in [6, 6.07) is 22.2. The normalized spacial score (nSPS) is 15.9. The Morgan fingerprint density at radius 3 is 2.60 bits per heavy atom. The molecule has 0 amide bonds. The van der Waals surface area contributed by atoms with Gasteiger partial charge in [0.25, 0.3) is 5.56 Å².